The van der Waals surface area contributed by atoms with Crippen LogP contribution in [0.5, 0.6) is 0 Å². The van der Waals surface area contributed by atoms with Gasteiger partial charge in [0.15, 0.2) is 12.6 Å². The molecule has 2 rings (SSSR count). The Morgan fingerprint density at radius 2 is 1.65 bits per heavy atom. The molecule has 13 N–H and O–H groups in total. The average molecular weight is 635 g/mol. The van der Waals surface area contributed by atoms with Gasteiger partial charge in [-0.2, -0.15) is 0 Å². The van der Waals surface area contributed by atoms with Gasteiger partial charge in [0, 0.05) is 13.3 Å². The predicted molar refractivity (Wildman–Crippen MR) is 132 cm³/mol. The van der Waals surface area contributed by atoms with Gasteiger partial charge in [-0.25, -0.2) is 4.79 Å². The van der Waals surface area contributed by atoms with Gasteiger partial charge >= 0.3 is 7.40 Å². The van der Waals surface area contributed by atoms with Crippen molar-refractivity contribution < 1.29 is 96.0 Å². The lowest BCUT2D eigenvalue weighted by atomic mass is 9.88. The lowest BCUT2D eigenvalue weighted by molar-refractivity contribution is -0.377. The average Bonchev–Trinajstić information content (AvgIpc) is 2.97. The van der Waals surface area contributed by atoms with Crippen LogP contribution in [0.15, 0.2) is 0 Å². The van der Waals surface area contributed by atoms with Crippen LogP contribution in [-0.2, 0) is 33.3 Å². The van der Waals surface area contributed by atoms with Crippen LogP contribution in [0, 0.1) is 0 Å². The fraction of sp³-hybridized carbons (Fsp3) is 0.870. The van der Waals surface area contributed by atoms with E-state index in [1.807, 2.05) is 0 Å². The maximum absolute atomic E-state index is 12.5. The zero-order valence-electron chi connectivity index (χ0n) is 23.7. The molecule has 0 aromatic heterocycles. The summed E-state index contributed by atoms with van der Waals surface area (Å²) in [6, 6.07) is -1.57. The SMILES string of the molecule is CC(=O)N[C@@H]1[C@@H]([C@H](O)[C@H](O)CO)O[C@@](O[C@H]2[C@@H](O)[C@@H](CO)O[C@@H](O[C@@H]([C@H](O)[C@@H](O)C=O)[C@H](O)CO)[C@@H]2O)(C(=O)O)C[C@@H]1O.[H+]. The highest BCUT2D eigenvalue weighted by Gasteiger charge is 2.59. The molecule has 1 amide bonds. The Morgan fingerprint density at radius 1 is 1.05 bits per heavy atom. The van der Waals surface area contributed by atoms with Crippen molar-refractivity contribution in [3.8, 4) is 0 Å². The van der Waals surface area contributed by atoms with Crippen LogP contribution in [-0.4, -0.2) is 191 Å². The molecule has 43 heavy (non-hydrogen) atoms. The number of carboxylic acids is 1. The third-order valence-electron chi connectivity index (χ3n) is 7.02. The summed E-state index contributed by atoms with van der Waals surface area (Å²) in [6.07, 6.45) is -28.0. The van der Waals surface area contributed by atoms with Crippen molar-refractivity contribution in [2.24, 2.45) is 0 Å². The summed E-state index contributed by atoms with van der Waals surface area (Å²) >= 11 is 0. The molecular weight excluding hydrogens is 594 g/mol. The first kappa shape index (κ1) is 37.2. The van der Waals surface area contributed by atoms with Gasteiger partial charge in [-0.1, -0.05) is 0 Å². The monoisotopic (exact) mass is 634 g/mol. The molecule has 20 heteroatoms. The molecule has 0 bridgehead atoms. The summed E-state index contributed by atoms with van der Waals surface area (Å²) in [5.41, 5.74) is 0. The van der Waals surface area contributed by atoms with Crippen LogP contribution >= 0.6 is 0 Å². The number of nitrogens with one attached hydrogen (secondary N) is 1. The summed E-state index contributed by atoms with van der Waals surface area (Å²) in [5.74, 6) is -5.85. The zero-order chi connectivity index (χ0) is 32.8. The standard InChI is InChI=1S/C23H39NO19/c1-7(29)24-13-8(30)2-23(22(38)39,42-19(13)15(35)10(32)4-26)43-20-16(36)12(6-28)40-21(17(20)37)41-18(11(33)5-27)14(34)9(31)3-25/h3,8-21,26-28,30-37H,2,4-6H2,1H3,(H,24,29)(H,38,39)/p+1/t8-,9-,10+,11+,12+,13-,14+,15+,16-,17+,18+,19-,20-,21-,23-/m0/s1. The third kappa shape index (κ3) is 8.39. The number of aldehydes is 1. The second-order valence-electron chi connectivity index (χ2n) is 10.1. The highest BCUT2D eigenvalue weighted by atomic mass is 16.8. The minimum Gasteiger partial charge on any atom is -0.477 e. The van der Waals surface area contributed by atoms with Crippen LogP contribution in [0.3, 0.4) is 0 Å². The minimum atomic E-state index is -3.07. The van der Waals surface area contributed by atoms with E-state index >= 15 is 0 Å². The van der Waals surface area contributed by atoms with Crippen molar-refractivity contribution >= 4 is 18.2 Å². The normalized spacial score (nSPS) is 37.4. The number of carbonyl (C=O) groups is 3. The smallest absolute Gasteiger partial charge is 0.477 e. The number of aliphatic carboxylic acids is 1. The summed E-state index contributed by atoms with van der Waals surface area (Å²) in [4.78, 5) is 35.2. The number of hydrogen-bond donors (Lipinski definition) is 13. The van der Waals surface area contributed by atoms with Gasteiger partial charge in [-0.3, -0.25) is 4.79 Å². The topological polar surface area (TPSA) is 343 Å². The minimum absolute atomic E-state index is 0. The molecule has 15 atom stereocenters. The van der Waals surface area contributed by atoms with E-state index in [0.717, 1.165) is 6.92 Å². The van der Waals surface area contributed by atoms with Gasteiger partial charge in [0.1, 0.15) is 67.1 Å². The number of ether oxygens (including phenoxy) is 4. The van der Waals surface area contributed by atoms with Crippen LogP contribution in [0.2, 0.25) is 0 Å². The molecule has 0 aromatic carbocycles. The van der Waals surface area contributed by atoms with Crippen molar-refractivity contribution in [2.75, 3.05) is 19.8 Å². The number of rotatable bonds is 15. The molecule has 2 fully saturated rings. The fourth-order valence-electron chi connectivity index (χ4n) is 4.71. The Morgan fingerprint density at radius 3 is 2.14 bits per heavy atom. The van der Waals surface area contributed by atoms with Crippen molar-refractivity contribution in [1.29, 1.82) is 0 Å². The first-order valence-corrected chi connectivity index (χ1v) is 13.0. The molecule has 250 valence electrons. The highest BCUT2D eigenvalue weighted by molar-refractivity contribution is 5.76. The van der Waals surface area contributed by atoms with E-state index in [1.165, 1.54) is 0 Å². The molecule has 2 aliphatic heterocycles. The second kappa shape index (κ2) is 15.8. The Balaban J connectivity index is 0.00000968. The molecule has 0 aromatic rings. The van der Waals surface area contributed by atoms with E-state index in [1.54, 1.807) is 0 Å². The molecule has 0 unspecified atom stereocenters. The van der Waals surface area contributed by atoms with E-state index in [2.05, 4.69) is 5.32 Å². The summed E-state index contributed by atoms with van der Waals surface area (Å²) < 4.78 is 21.5. The summed E-state index contributed by atoms with van der Waals surface area (Å²) in [5, 5.41) is 124. The Hall–Kier alpha value is -1.99. The highest BCUT2D eigenvalue weighted by Crippen LogP contribution is 2.37. The maximum Gasteiger partial charge on any atom is 1.00 e. The molecule has 0 aliphatic carbocycles. The third-order valence-corrected chi connectivity index (χ3v) is 7.02. The van der Waals surface area contributed by atoms with E-state index < -0.39 is 129 Å². The van der Waals surface area contributed by atoms with Crippen molar-refractivity contribution in [1.82, 2.24) is 5.32 Å². The van der Waals surface area contributed by atoms with Gasteiger partial charge in [0.2, 0.25) is 5.91 Å². The summed E-state index contributed by atoms with van der Waals surface area (Å²) in [7, 11) is 0. The second-order valence-corrected chi connectivity index (χ2v) is 10.1. The van der Waals surface area contributed by atoms with E-state index in [4.69, 9.17) is 18.9 Å². The van der Waals surface area contributed by atoms with Crippen LogP contribution < -0.4 is 5.32 Å². The summed E-state index contributed by atoms with van der Waals surface area (Å²) in [6.45, 7) is -2.18. The van der Waals surface area contributed by atoms with E-state index in [9.17, 15) is 75.7 Å². The number of carbonyl (C=O) groups excluding carboxylic acids is 2. The lowest BCUT2D eigenvalue weighted by Gasteiger charge is -2.50. The lowest BCUT2D eigenvalue weighted by Crippen LogP contribution is -2.70. The number of aliphatic hydroxyl groups is 11. The molecule has 20 nitrogen and oxygen atoms in total. The van der Waals surface area contributed by atoms with E-state index in [-0.39, 0.29) is 7.71 Å². The molecule has 2 saturated heterocycles. The van der Waals surface area contributed by atoms with Gasteiger partial charge in [-0.15, -0.1) is 0 Å². The van der Waals surface area contributed by atoms with Gasteiger partial charge in [0.25, 0.3) is 5.79 Å². The molecule has 0 radical (unpaired) electrons. The fourth-order valence-corrected chi connectivity index (χ4v) is 4.71. The Kier molecular flexibility index (Phi) is 13.7. The molecule has 0 spiro atoms. The quantitative estimate of drug-likeness (QED) is 0.0743. The van der Waals surface area contributed by atoms with Crippen molar-refractivity contribution in [3.63, 3.8) is 0 Å². The van der Waals surface area contributed by atoms with Crippen LogP contribution in [0.25, 0.3) is 0 Å². The molecule has 2 aliphatic rings. The van der Waals surface area contributed by atoms with E-state index in [0.29, 0.717) is 0 Å². The molecule has 2 heterocycles. The van der Waals surface area contributed by atoms with Crippen LogP contribution in [0.1, 0.15) is 14.8 Å². The maximum atomic E-state index is 12.5. The van der Waals surface area contributed by atoms with Crippen molar-refractivity contribution in [3.05, 3.63) is 0 Å². The van der Waals surface area contributed by atoms with Gasteiger partial charge in [0.05, 0.1) is 32.0 Å². The number of hydrogen-bond acceptors (Lipinski definition) is 18. The largest absolute Gasteiger partial charge is 1.00 e. The first-order chi connectivity index (χ1) is 20.1. The number of amides is 1. The predicted octanol–water partition coefficient (Wildman–Crippen LogP) is -8.27. The Labute approximate surface area is 244 Å². The number of carboxylic acid groups (broad SMARTS) is 1. The van der Waals surface area contributed by atoms with Crippen LogP contribution in [0.4, 0.5) is 0 Å². The van der Waals surface area contributed by atoms with Crippen molar-refractivity contribution in [2.45, 2.75) is 105 Å². The zero-order valence-corrected chi connectivity index (χ0v) is 22.7. The molecule has 0 saturated carbocycles. The van der Waals surface area contributed by atoms with Gasteiger partial charge in [-0.05, 0) is 0 Å². The molecular formula is C23H40NO19+. The first-order valence-electron chi connectivity index (χ1n) is 13.0. The Bertz CT molecular complexity index is 934. The number of aliphatic hydroxyl groups excluding tert-OH is 11. The van der Waals surface area contributed by atoms with Gasteiger partial charge < -0.3 is 90.3 Å².